The van der Waals surface area contributed by atoms with Crippen molar-refractivity contribution in [1.29, 1.82) is 0 Å². The van der Waals surface area contributed by atoms with Gasteiger partial charge in [-0.05, 0) is 41.6 Å². The first kappa shape index (κ1) is 14.7. The van der Waals surface area contributed by atoms with Gasteiger partial charge in [-0.25, -0.2) is 0 Å². The molecule has 0 radical (unpaired) electrons. The Hall–Kier alpha value is -1.23. The summed E-state index contributed by atoms with van der Waals surface area (Å²) >= 11 is 13.6. The summed E-state index contributed by atoms with van der Waals surface area (Å²) in [6.07, 6.45) is 0.918. The van der Waals surface area contributed by atoms with Gasteiger partial charge in [0.25, 0.3) is 5.91 Å². The third-order valence-electron chi connectivity index (χ3n) is 3.36. The van der Waals surface area contributed by atoms with E-state index in [0.29, 0.717) is 22.3 Å². The van der Waals surface area contributed by atoms with Crippen LogP contribution in [0.2, 0.25) is 10.0 Å². The minimum atomic E-state index is -0.0250. The van der Waals surface area contributed by atoms with Crippen LogP contribution in [-0.2, 0) is 17.8 Å². The van der Waals surface area contributed by atoms with Crippen molar-refractivity contribution in [3.05, 3.63) is 50.1 Å². The van der Waals surface area contributed by atoms with Gasteiger partial charge in [0.2, 0.25) is 0 Å². The smallest absolute Gasteiger partial charge is 0.260 e. The number of rotatable bonds is 3. The maximum Gasteiger partial charge on any atom is 0.260 e. The molecule has 21 heavy (non-hydrogen) atoms. The average molecular weight is 342 g/mol. The molecule has 1 aliphatic heterocycles. The summed E-state index contributed by atoms with van der Waals surface area (Å²) in [5, 5.41) is 3.06. The van der Waals surface area contributed by atoms with E-state index in [-0.39, 0.29) is 12.5 Å². The Labute approximate surface area is 137 Å². The Morgan fingerprint density at radius 3 is 2.81 bits per heavy atom. The Bertz CT molecular complexity index is 651. The number of fused-ring (bicyclic) bond motifs is 1. The molecule has 2 aromatic rings. The van der Waals surface area contributed by atoms with E-state index in [9.17, 15) is 4.79 Å². The molecule has 0 saturated carbocycles. The van der Waals surface area contributed by atoms with E-state index in [1.54, 1.807) is 29.5 Å². The number of carbonyl (C=O) groups excluding carboxylic acids is 1. The second-order valence-electron chi connectivity index (χ2n) is 4.83. The summed E-state index contributed by atoms with van der Waals surface area (Å²) in [5.41, 5.74) is 1.24. The van der Waals surface area contributed by atoms with Gasteiger partial charge in [-0.15, -0.1) is 11.3 Å². The predicted molar refractivity (Wildman–Crippen MR) is 85.4 cm³/mol. The van der Waals surface area contributed by atoms with Crippen molar-refractivity contribution < 1.29 is 9.53 Å². The zero-order valence-corrected chi connectivity index (χ0v) is 13.5. The highest BCUT2D eigenvalue weighted by atomic mass is 35.5. The van der Waals surface area contributed by atoms with Gasteiger partial charge in [0.15, 0.2) is 6.61 Å². The fraction of sp³-hybridized carbons (Fsp3) is 0.267. The lowest BCUT2D eigenvalue weighted by atomic mass is 10.1. The first-order valence-corrected chi connectivity index (χ1v) is 8.17. The molecule has 0 unspecified atom stereocenters. The number of hydrogen-bond acceptors (Lipinski definition) is 3. The summed E-state index contributed by atoms with van der Waals surface area (Å²) in [5.74, 6) is 0.483. The Balaban J connectivity index is 1.60. The van der Waals surface area contributed by atoms with Crippen LogP contribution in [0.4, 0.5) is 0 Å². The summed E-state index contributed by atoms with van der Waals surface area (Å²) in [4.78, 5) is 15.4. The van der Waals surface area contributed by atoms with Gasteiger partial charge >= 0.3 is 0 Å². The molecule has 1 amide bonds. The Morgan fingerprint density at radius 1 is 1.29 bits per heavy atom. The molecule has 0 saturated heterocycles. The molecular formula is C15H13Cl2NO2S. The number of ether oxygens (including phenoxy) is 1. The lowest BCUT2D eigenvalue weighted by molar-refractivity contribution is -0.134. The molecule has 3 rings (SSSR count). The van der Waals surface area contributed by atoms with E-state index in [1.165, 1.54) is 10.4 Å². The molecule has 1 aromatic heterocycles. The zero-order valence-electron chi connectivity index (χ0n) is 11.1. The van der Waals surface area contributed by atoms with Crippen molar-refractivity contribution in [2.45, 2.75) is 13.0 Å². The number of benzene rings is 1. The monoisotopic (exact) mass is 341 g/mol. The molecule has 0 atom stereocenters. The van der Waals surface area contributed by atoms with Gasteiger partial charge in [0.1, 0.15) is 5.75 Å². The standard InChI is InChI=1S/C15H13Cl2NO2S/c16-11-5-12(17)7-13(6-11)20-9-15(19)18-3-1-14-10(8-18)2-4-21-14/h2,4-7H,1,3,8-9H2. The summed E-state index contributed by atoms with van der Waals surface area (Å²) in [6.45, 7) is 1.40. The van der Waals surface area contributed by atoms with Crippen molar-refractivity contribution >= 4 is 40.4 Å². The lowest BCUT2D eigenvalue weighted by Gasteiger charge is -2.27. The average Bonchev–Trinajstić information content (AvgIpc) is 2.91. The Morgan fingerprint density at radius 2 is 2.05 bits per heavy atom. The third kappa shape index (κ3) is 3.51. The molecule has 0 bridgehead atoms. The lowest BCUT2D eigenvalue weighted by Crippen LogP contribution is -2.38. The highest BCUT2D eigenvalue weighted by Gasteiger charge is 2.21. The molecule has 0 spiro atoms. The molecule has 0 aliphatic carbocycles. The van der Waals surface area contributed by atoms with Crippen LogP contribution in [0.5, 0.6) is 5.75 Å². The largest absolute Gasteiger partial charge is 0.484 e. The highest BCUT2D eigenvalue weighted by Crippen LogP contribution is 2.25. The highest BCUT2D eigenvalue weighted by molar-refractivity contribution is 7.10. The van der Waals surface area contributed by atoms with Crippen LogP contribution < -0.4 is 4.74 Å². The topological polar surface area (TPSA) is 29.5 Å². The molecule has 3 nitrogen and oxygen atoms in total. The second kappa shape index (κ2) is 6.26. The van der Waals surface area contributed by atoms with Crippen LogP contribution in [0.1, 0.15) is 10.4 Å². The second-order valence-corrected chi connectivity index (χ2v) is 6.70. The van der Waals surface area contributed by atoms with E-state index in [1.807, 2.05) is 4.90 Å². The van der Waals surface area contributed by atoms with Gasteiger partial charge in [0.05, 0.1) is 0 Å². The van der Waals surface area contributed by atoms with Crippen LogP contribution in [-0.4, -0.2) is 24.0 Å². The first-order valence-electron chi connectivity index (χ1n) is 6.54. The van der Waals surface area contributed by atoms with Gasteiger partial charge in [-0.2, -0.15) is 0 Å². The number of thiophene rings is 1. The minimum Gasteiger partial charge on any atom is -0.484 e. The van der Waals surface area contributed by atoms with Gasteiger partial charge in [-0.1, -0.05) is 23.2 Å². The zero-order chi connectivity index (χ0) is 14.8. The minimum absolute atomic E-state index is 0.00383. The van der Waals surface area contributed by atoms with E-state index in [0.717, 1.165) is 13.0 Å². The number of nitrogens with zero attached hydrogens (tertiary/aromatic N) is 1. The SMILES string of the molecule is O=C(COc1cc(Cl)cc(Cl)c1)N1CCc2sccc2C1. The molecule has 0 N–H and O–H groups in total. The van der Waals surface area contributed by atoms with Crippen LogP contribution in [0, 0.1) is 0 Å². The van der Waals surface area contributed by atoms with E-state index < -0.39 is 0 Å². The number of amides is 1. The Kier molecular flexibility index (Phi) is 4.38. The molecule has 110 valence electrons. The van der Waals surface area contributed by atoms with Crippen molar-refractivity contribution in [2.24, 2.45) is 0 Å². The molecule has 1 aromatic carbocycles. The fourth-order valence-electron chi connectivity index (χ4n) is 2.31. The van der Waals surface area contributed by atoms with Crippen LogP contribution >= 0.6 is 34.5 Å². The molecule has 6 heteroatoms. The van der Waals surface area contributed by atoms with E-state index in [4.69, 9.17) is 27.9 Å². The van der Waals surface area contributed by atoms with Crippen molar-refractivity contribution in [2.75, 3.05) is 13.2 Å². The maximum absolute atomic E-state index is 12.2. The van der Waals surface area contributed by atoms with Crippen molar-refractivity contribution in [3.63, 3.8) is 0 Å². The molecule has 2 heterocycles. The first-order chi connectivity index (χ1) is 10.1. The fourth-order valence-corrected chi connectivity index (χ4v) is 3.71. The normalized spacial score (nSPS) is 13.9. The number of halogens is 2. The maximum atomic E-state index is 12.2. The number of hydrogen-bond donors (Lipinski definition) is 0. The number of carbonyl (C=O) groups is 1. The van der Waals surface area contributed by atoms with Gasteiger partial charge in [0, 0.05) is 28.0 Å². The van der Waals surface area contributed by atoms with Crippen molar-refractivity contribution in [1.82, 2.24) is 4.90 Å². The van der Waals surface area contributed by atoms with Crippen LogP contribution in [0.3, 0.4) is 0 Å². The predicted octanol–water partition coefficient (Wildman–Crippen LogP) is 4.02. The summed E-state index contributed by atoms with van der Waals surface area (Å²) in [7, 11) is 0. The summed E-state index contributed by atoms with van der Waals surface area (Å²) < 4.78 is 5.49. The third-order valence-corrected chi connectivity index (χ3v) is 4.82. The van der Waals surface area contributed by atoms with E-state index in [2.05, 4.69) is 11.4 Å². The van der Waals surface area contributed by atoms with Gasteiger partial charge < -0.3 is 9.64 Å². The van der Waals surface area contributed by atoms with Gasteiger partial charge in [-0.3, -0.25) is 4.79 Å². The molecular weight excluding hydrogens is 329 g/mol. The molecule has 1 aliphatic rings. The molecule has 0 fully saturated rings. The van der Waals surface area contributed by atoms with Crippen LogP contribution in [0.15, 0.2) is 29.6 Å². The quantitative estimate of drug-likeness (QED) is 0.843. The van der Waals surface area contributed by atoms with E-state index >= 15 is 0 Å². The summed E-state index contributed by atoms with van der Waals surface area (Å²) in [6, 6.07) is 7.00. The van der Waals surface area contributed by atoms with Crippen molar-refractivity contribution in [3.8, 4) is 5.75 Å². The van der Waals surface area contributed by atoms with Crippen LogP contribution in [0.25, 0.3) is 0 Å².